The molecule has 2 heterocycles. The van der Waals surface area contributed by atoms with Crippen molar-refractivity contribution >= 4 is 43.6 Å². The molecule has 2 aromatic heterocycles. The van der Waals surface area contributed by atoms with E-state index in [-0.39, 0.29) is 43.6 Å². The van der Waals surface area contributed by atoms with Crippen LogP contribution in [0.2, 0.25) is 0 Å². The number of hydrogen-bond acceptors (Lipinski definition) is 0. The van der Waals surface area contributed by atoms with Gasteiger partial charge in [-0.1, -0.05) is 121 Å². The molecule has 0 fully saturated rings. The molecule has 0 N–H and O–H groups in total. The molecule has 0 radical (unpaired) electrons. The molecule has 0 amide bonds. The molecular formula is C42H28N2. The van der Waals surface area contributed by atoms with Gasteiger partial charge < -0.3 is 9.13 Å². The van der Waals surface area contributed by atoms with E-state index in [1.54, 1.807) is 12.1 Å². The molecule has 0 aliphatic carbocycles. The van der Waals surface area contributed by atoms with E-state index in [4.69, 9.17) is 16.4 Å². The summed E-state index contributed by atoms with van der Waals surface area (Å²) in [4.78, 5) is 0. The zero-order chi connectivity index (χ0) is 42.1. The van der Waals surface area contributed by atoms with Crippen LogP contribution >= 0.6 is 0 Å². The van der Waals surface area contributed by atoms with Gasteiger partial charge in [-0.2, -0.15) is 0 Å². The molecule has 0 bridgehead atoms. The zero-order valence-electron chi connectivity index (χ0n) is 37.9. The summed E-state index contributed by atoms with van der Waals surface area (Å²) in [6.45, 7) is 0. The van der Waals surface area contributed by atoms with E-state index in [9.17, 15) is 4.11 Å². The summed E-state index contributed by atoms with van der Waals surface area (Å²) in [5, 5.41) is -0.860. The highest BCUT2D eigenvalue weighted by Crippen LogP contribution is 2.37. The van der Waals surface area contributed by atoms with Crippen LogP contribution in [0, 0.1) is 0 Å². The first-order chi connectivity index (χ1) is 28.1. The van der Waals surface area contributed by atoms with E-state index in [0.717, 1.165) is 26.8 Å². The van der Waals surface area contributed by atoms with Crippen molar-refractivity contribution in [3.05, 3.63) is 169 Å². The largest absolute Gasteiger partial charge is 0.309 e. The van der Waals surface area contributed by atoms with E-state index in [1.165, 1.54) is 4.57 Å². The van der Waals surface area contributed by atoms with Crippen molar-refractivity contribution in [2.24, 2.45) is 0 Å². The van der Waals surface area contributed by atoms with Gasteiger partial charge in [0.1, 0.15) is 0 Å². The molecule has 0 aliphatic heterocycles. The molecule has 7 aromatic carbocycles. The third kappa shape index (κ3) is 3.82. The second-order valence-electron chi connectivity index (χ2n) is 10.3. The average molecular weight is 576 g/mol. The molecule has 9 aromatic rings. The predicted octanol–water partition coefficient (Wildman–Crippen LogP) is 11.2. The molecule has 2 nitrogen and oxygen atoms in total. The maximum Gasteiger partial charge on any atom is 0.0652 e. The Morgan fingerprint density at radius 3 is 1.30 bits per heavy atom. The fourth-order valence-corrected chi connectivity index (χ4v) is 5.81. The Labute approximate surface area is 276 Å². The molecule has 0 aliphatic rings. The topological polar surface area (TPSA) is 9.86 Å². The minimum Gasteiger partial charge on any atom is -0.309 e. The zero-order valence-corrected chi connectivity index (χ0v) is 22.9. The van der Waals surface area contributed by atoms with Crippen molar-refractivity contribution in [1.29, 1.82) is 0 Å². The second-order valence-corrected chi connectivity index (χ2v) is 10.3. The maximum atomic E-state index is 9.74. The molecule has 44 heavy (non-hydrogen) atoms. The number of fused-ring (bicyclic) bond motifs is 6. The third-order valence-corrected chi connectivity index (χ3v) is 7.85. The third-order valence-electron chi connectivity index (χ3n) is 7.85. The minimum absolute atomic E-state index is 0.0735. The quantitative estimate of drug-likeness (QED) is 0.197. The van der Waals surface area contributed by atoms with E-state index in [2.05, 4.69) is 0 Å². The summed E-state index contributed by atoms with van der Waals surface area (Å²) >= 11 is 0. The number of aromatic nitrogens is 2. The Balaban J connectivity index is 1.38. The molecule has 0 unspecified atom stereocenters. The van der Waals surface area contributed by atoms with Crippen LogP contribution in [0.4, 0.5) is 0 Å². The normalized spacial score (nSPS) is 16.4. The summed E-state index contributed by atoms with van der Waals surface area (Å²) < 4.78 is 136. The van der Waals surface area contributed by atoms with E-state index in [0.29, 0.717) is 5.69 Å². The van der Waals surface area contributed by atoms with Gasteiger partial charge in [-0.25, -0.2) is 0 Å². The lowest BCUT2D eigenvalue weighted by atomic mass is 10.0. The van der Waals surface area contributed by atoms with Gasteiger partial charge in [-0.05, 0) is 70.6 Å². The molecule has 206 valence electrons. The van der Waals surface area contributed by atoms with Crippen LogP contribution in [0.3, 0.4) is 0 Å². The fraction of sp³-hybridized carbons (Fsp3) is 0. The van der Waals surface area contributed by atoms with E-state index in [1.807, 2.05) is 66.7 Å². The number of benzene rings is 7. The van der Waals surface area contributed by atoms with Crippen molar-refractivity contribution in [2.45, 2.75) is 0 Å². The van der Waals surface area contributed by atoms with Gasteiger partial charge in [0, 0.05) is 32.9 Å². The monoisotopic (exact) mass is 575 g/mol. The first-order valence-corrected chi connectivity index (χ1v) is 13.9. The highest BCUT2D eigenvalue weighted by atomic mass is 15.0. The summed E-state index contributed by atoms with van der Waals surface area (Å²) in [5.74, 6) is 0. The molecular weight excluding hydrogens is 532 g/mol. The van der Waals surface area contributed by atoms with Crippen LogP contribution in [0.25, 0.3) is 77.2 Å². The van der Waals surface area contributed by atoms with E-state index < -0.39 is 96.3 Å². The van der Waals surface area contributed by atoms with Crippen LogP contribution in [-0.4, -0.2) is 9.13 Å². The SMILES string of the molecule is [2H]c1c([2H])c([2H])c2c(c1[2H])c1c([2H])c(-n3c4c([2H])c([2H])c([2H])c([2H])c4c4c([2H])c([2H])c([2H])c([2H])c43)c([2H])c([2H])c1n2-c1ccc(-c2ccc(-c3ccccc3)cc2)cc1. The van der Waals surface area contributed by atoms with Gasteiger partial charge in [0.25, 0.3) is 0 Å². The summed E-state index contributed by atoms with van der Waals surface area (Å²) in [5.41, 5.74) is 2.83. The van der Waals surface area contributed by atoms with Crippen molar-refractivity contribution in [3.63, 3.8) is 0 Å². The Morgan fingerprint density at radius 1 is 0.341 bits per heavy atom. The first-order valence-electron chi connectivity index (χ1n) is 21.4. The lowest BCUT2D eigenvalue weighted by molar-refractivity contribution is 1.17. The van der Waals surface area contributed by atoms with Crippen LogP contribution in [0.15, 0.2) is 169 Å². The highest BCUT2D eigenvalue weighted by molar-refractivity contribution is 6.12. The van der Waals surface area contributed by atoms with E-state index >= 15 is 0 Å². The number of para-hydroxylation sites is 3. The Bertz CT molecular complexity index is 3220. The van der Waals surface area contributed by atoms with Crippen LogP contribution < -0.4 is 0 Å². The predicted molar refractivity (Wildman–Crippen MR) is 186 cm³/mol. The van der Waals surface area contributed by atoms with Gasteiger partial charge in [-0.15, -0.1) is 0 Å². The number of hydrogen-bond donors (Lipinski definition) is 0. The van der Waals surface area contributed by atoms with Gasteiger partial charge in [0.05, 0.1) is 42.6 Å². The molecule has 0 saturated carbocycles. The lowest BCUT2D eigenvalue weighted by Gasteiger charge is -2.11. The maximum absolute atomic E-state index is 9.74. The number of nitrogens with zero attached hydrogens (tertiary/aromatic N) is 2. The van der Waals surface area contributed by atoms with Crippen molar-refractivity contribution in [3.8, 4) is 33.6 Å². The molecule has 0 spiro atoms. The minimum atomic E-state index is -0.701. The number of rotatable bonds is 4. The highest BCUT2D eigenvalue weighted by Gasteiger charge is 2.16. The average Bonchev–Trinajstić information content (AvgIpc) is 3.80. The van der Waals surface area contributed by atoms with Crippen molar-refractivity contribution in [2.75, 3.05) is 0 Å². The Kier molecular flexibility index (Phi) is 3.15. The van der Waals surface area contributed by atoms with Gasteiger partial charge in [0.15, 0.2) is 0 Å². The standard InChI is InChI=1S/C42H28N2/c1-2-10-29(11-3-1)30-18-20-31(21-19-30)32-22-24-33(25-23-32)43-41-17-9-6-14-37(41)38-28-34(26-27-42(38)43)44-39-15-7-4-12-35(39)36-13-5-8-16-40(36)44/h1-28H/i4D,5D,6D,7D,8D,9D,12D,13D,14D,15D,16D,17D,26D,27D,28D. The van der Waals surface area contributed by atoms with Crippen molar-refractivity contribution < 1.29 is 20.6 Å². The van der Waals surface area contributed by atoms with Crippen molar-refractivity contribution in [1.82, 2.24) is 9.13 Å². The first kappa shape index (κ1) is 14.1. The van der Waals surface area contributed by atoms with Gasteiger partial charge >= 0.3 is 0 Å². The Morgan fingerprint density at radius 2 is 0.750 bits per heavy atom. The molecule has 0 saturated heterocycles. The fourth-order valence-electron chi connectivity index (χ4n) is 5.81. The lowest BCUT2D eigenvalue weighted by Crippen LogP contribution is -1.95. The van der Waals surface area contributed by atoms with Gasteiger partial charge in [0.2, 0.25) is 0 Å². The van der Waals surface area contributed by atoms with Crippen LogP contribution in [-0.2, 0) is 0 Å². The summed E-state index contributed by atoms with van der Waals surface area (Å²) in [6.07, 6.45) is 0. The summed E-state index contributed by atoms with van der Waals surface area (Å²) in [7, 11) is 0. The molecule has 0 atom stereocenters. The molecule has 2 heteroatoms. The Hall–Kier alpha value is -5.86. The summed E-state index contributed by atoms with van der Waals surface area (Å²) in [6, 6.07) is 15.7. The van der Waals surface area contributed by atoms with Crippen LogP contribution in [0.1, 0.15) is 20.6 Å². The smallest absolute Gasteiger partial charge is 0.0652 e. The molecule has 9 rings (SSSR count). The van der Waals surface area contributed by atoms with Crippen LogP contribution in [0.5, 0.6) is 0 Å². The second kappa shape index (κ2) is 9.86. The van der Waals surface area contributed by atoms with Gasteiger partial charge in [-0.3, -0.25) is 0 Å².